The largest absolute Gasteiger partial charge is 0.493 e. The Morgan fingerprint density at radius 1 is 1.18 bits per heavy atom. The molecule has 1 aliphatic rings. The average molecular weight is 309 g/mol. The minimum Gasteiger partial charge on any atom is -0.493 e. The van der Waals surface area contributed by atoms with Gasteiger partial charge in [0.05, 0.1) is 14.2 Å². The van der Waals surface area contributed by atoms with E-state index in [4.69, 9.17) is 18.9 Å². The highest BCUT2D eigenvalue weighted by Crippen LogP contribution is 2.30. The molecular formula is C16H23NO5. The van der Waals surface area contributed by atoms with Crippen molar-refractivity contribution in [3.63, 3.8) is 0 Å². The molecule has 1 heterocycles. The van der Waals surface area contributed by atoms with Crippen LogP contribution in [0.4, 0.5) is 0 Å². The molecule has 0 aliphatic carbocycles. The van der Waals surface area contributed by atoms with Crippen LogP contribution in [0, 0.1) is 0 Å². The van der Waals surface area contributed by atoms with Gasteiger partial charge in [0.2, 0.25) is 0 Å². The van der Waals surface area contributed by atoms with Crippen LogP contribution in [-0.4, -0.2) is 46.0 Å². The molecule has 1 fully saturated rings. The molecule has 22 heavy (non-hydrogen) atoms. The summed E-state index contributed by atoms with van der Waals surface area (Å²) in [5.74, 6) is 1.69. The lowest BCUT2D eigenvalue weighted by molar-refractivity contribution is -0.147. The first-order valence-corrected chi connectivity index (χ1v) is 7.49. The smallest absolute Gasteiger partial charge is 0.323 e. The molecular weight excluding hydrogens is 286 g/mol. The Morgan fingerprint density at radius 3 is 2.68 bits per heavy atom. The van der Waals surface area contributed by atoms with E-state index in [0.29, 0.717) is 23.9 Å². The number of rotatable bonds is 7. The van der Waals surface area contributed by atoms with Crippen LogP contribution in [0.25, 0.3) is 0 Å². The first kappa shape index (κ1) is 16.4. The van der Waals surface area contributed by atoms with Crippen molar-refractivity contribution in [3.05, 3.63) is 18.2 Å². The number of piperidine rings is 1. The van der Waals surface area contributed by atoms with Crippen molar-refractivity contribution in [3.8, 4) is 17.2 Å². The zero-order chi connectivity index (χ0) is 15.8. The Balaban J connectivity index is 1.73. The zero-order valence-electron chi connectivity index (χ0n) is 13.1. The maximum absolute atomic E-state index is 11.8. The van der Waals surface area contributed by atoms with Crippen molar-refractivity contribution in [1.82, 2.24) is 5.32 Å². The molecule has 0 aromatic heterocycles. The molecule has 0 radical (unpaired) electrons. The molecule has 1 unspecified atom stereocenters. The number of ether oxygens (including phenoxy) is 4. The van der Waals surface area contributed by atoms with Crippen molar-refractivity contribution in [2.24, 2.45) is 0 Å². The van der Waals surface area contributed by atoms with Crippen LogP contribution in [0.1, 0.15) is 19.3 Å². The van der Waals surface area contributed by atoms with E-state index < -0.39 is 0 Å². The number of carbonyl (C=O) groups excluding carboxylic acids is 1. The van der Waals surface area contributed by atoms with Crippen LogP contribution < -0.4 is 19.5 Å². The number of methoxy groups -OCH3 is 2. The summed E-state index contributed by atoms with van der Waals surface area (Å²) in [6, 6.07) is 5.12. The second kappa shape index (κ2) is 8.48. The molecule has 0 spiro atoms. The van der Waals surface area contributed by atoms with Crippen LogP contribution in [0.2, 0.25) is 0 Å². The number of carbonyl (C=O) groups is 1. The molecule has 0 bridgehead atoms. The van der Waals surface area contributed by atoms with E-state index in [-0.39, 0.29) is 18.6 Å². The first-order valence-electron chi connectivity index (χ1n) is 7.49. The fourth-order valence-electron chi connectivity index (χ4n) is 2.36. The fraction of sp³-hybridized carbons (Fsp3) is 0.562. The summed E-state index contributed by atoms with van der Waals surface area (Å²) in [7, 11) is 3.15. The monoisotopic (exact) mass is 309 g/mol. The van der Waals surface area contributed by atoms with Crippen molar-refractivity contribution in [2.45, 2.75) is 25.3 Å². The van der Waals surface area contributed by atoms with Gasteiger partial charge in [0.15, 0.2) is 11.5 Å². The van der Waals surface area contributed by atoms with E-state index in [9.17, 15) is 4.79 Å². The third kappa shape index (κ3) is 4.53. The minimum absolute atomic E-state index is 0.171. The number of hydrogen-bond acceptors (Lipinski definition) is 6. The van der Waals surface area contributed by atoms with Gasteiger partial charge < -0.3 is 24.3 Å². The van der Waals surface area contributed by atoms with Gasteiger partial charge in [0, 0.05) is 6.07 Å². The lowest BCUT2D eigenvalue weighted by Gasteiger charge is -2.21. The van der Waals surface area contributed by atoms with E-state index >= 15 is 0 Å². The molecule has 6 nitrogen and oxygen atoms in total. The molecule has 1 aliphatic heterocycles. The molecule has 0 amide bonds. The third-order valence-corrected chi connectivity index (χ3v) is 3.55. The number of esters is 1. The second-order valence-electron chi connectivity index (χ2n) is 5.04. The molecule has 122 valence electrons. The Morgan fingerprint density at radius 2 is 2.00 bits per heavy atom. The van der Waals surface area contributed by atoms with Gasteiger partial charge in [-0.3, -0.25) is 4.79 Å². The van der Waals surface area contributed by atoms with Gasteiger partial charge in [0.1, 0.15) is 25.0 Å². The summed E-state index contributed by atoms with van der Waals surface area (Å²) >= 11 is 0. The number of hydrogen-bond donors (Lipinski definition) is 1. The van der Waals surface area contributed by atoms with Gasteiger partial charge in [-0.25, -0.2) is 0 Å². The maximum Gasteiger partial charge on any atom is 0.323 e. The van der Waals surface area contributed by atoms with E-state index in [1.165, 1.54) is 0 Å². The second-order valence-corrected chi connectivity index (χ2v) is 5.04. The molecule has 1 aromatic carbocycles. The van der Waals surface area contributed by atoms with E-state index in [2.05, 4.69) is 5.32 Å². The minimum atomic E-state index is -0.199. The van der Waals surface area contributed by atoms with E-state index in [0.717, 1.165) is 25.8 Å². The summed E-state index contributed by atoms with van der Waals surface area (Å²) in [6.45, 7) is 1.40. The molecule has 2 rings (SSSR count). The zero-order valence-corrected chi connectivity index (χ0v) is 13.1. The van der Waals surface area contributed by atoms with Crippen molar-refractivity contribution in [2.75, 3.05) is 34.0 Å². The SMILES string of the molecule is COc1ccc(OCCOC(=O)C2CCCCN2)cc1OC. The topological polar surface area (TPSA) is 66.0 Å². The lowest BCUT2D eigenvalue weighted by Crippen LogP contribution is -2.41. The molecule has 1 saturated heterocycles. The van der Waals surface area contributed by atoms with Gasteiger partial charge >= 0.3 is 5.97 Å². The van der Waals surface area contributed by atoms with Crippen LogP contribution >= 0.6 is 0 Å². The number of benzene rings is 1. The van der Waals surface area contributed by atoms with Gasteiger partial charge in [-0.1, -0.05) is 6.42 Å². The van der Waals surface area contributed by atoms with E-state index in [1.54, 1.807) is 32.4 Å². The fourth-order valence-corrected chi connectivity index (χ4v) is 2.36. The van der Waals surface area contributed by atoms with Gasteiger partial charge in [-0.05, 0) is 31.5 Å². The van der Waals surface area contributed by atoms with Crippen molar-refractivity contribution in [1.29, 1.82) is 0 Å². The predicted octanol–water partition coefficient (Wildman–Crippen LogP) is 1.77. The molecule has 1 N–H and O–H groups in total. The summed E-state index contributed by atoms with van der Waals surface area (Å²) in [4.78, 5) is 11.8. The quantitative estimate of drug-likeness (QED) is 0.612. The maximum atomic E-state index is 11.8. The van der Waals surface area contributed by atoms with Gasteiger partial charge in [0.25, 0.3) is 0 Å². The van der Waals surface area contributed by atoms with E-state index in [1.807, 2.05) is 0 Å². The summed E-state index contributed by atoms with van der Waals surface area (Å²) in [5.41, 5.74) is 0. The summed E-state index contributed by atoms with van der Waals surface area (Å²) < 4.78 is 21.1. The Hall–Kier alpha value is -1.95. The lowest BCUT2D eigenvalue weighted by atomic mass is 10.1. The number of nitrogens with one attached hydrogen (secondary N) is 1. The van der Waals surface area contributed by atoms with Gasteiger partial charge in [-0.2, -0.15) is 0 Å². The van der Waals surface area contributed by atoms with Crippen molar-refractivity contribution >= 4 is 5.97 Å². The molecule has 1 atom stereocenters. The summed E-state index contributed by atoms with van der Waals surface area (Å²) in [6.07, 6.45) is 3.02. The molecule has 1 aromatic rings. The summed E-state index contributed by atoms with van der Waals surface area (Å²) in [5, 5.41) is 3.16. The Labute approximate surface area is 130 Å². The van der Waals surface area contributed by atoms with Crippen LogP contribution in [0.5, 0.6) is 17.2 Å². The van der Waals surface area contributed by atoms with Crippen LogP contribution in [-0.2, 0) is 9.53 Å². The van der Waals surface area contributed by atoms with Crippen molar-refractivity contribution < 1.29 is 23.7 Å². The highest BCUT2D eigenvalue weighted by Gasteiger charge is 2.21. The molecule has 6 heteroatoms. The Bertz CT molecular complexity index is 485. The highest BCUT2D eigenvalue weighted by molar-refractivity contribution is 5.75. The molecule has 0 saturated carbocycles. The van der Waals surface area contributed by atoms with Crippen LogP contribution in [0.3, 0.4) is 0 Å². The van der Waals surface area contributed by atoms with Gasteiger partial charge in [-0.15, -0.1) is 0 Å². The first-order chi connectivity index (χ1) is 10.7. The predicted molar refractivity (Wildman–Crippen MR) is 81.6 cm³/mol. The average Bonchev–Trinajstić information content (AvgIpc) is 2.59. The normalized spacial score (nSPS) is 17.6. The highest BCUT2D eigenvalue weighted by atomic mass is 16.6. The Kier molecular flexibility index (Phi) is 6.33. The van der Waals surface area contributed by atoms with Crippen LogP contribution in [0.15, 0.2) is 18.2 Å². The third-order valence-electron chi connectivity index (χ3n) is 3.55. The standard InChI is InChI=1S/C16H23NO5/c1-19-14-7-6-12(11-15(14)20-2)21-9-10-22-16(18)13-5-3-4-8-17-13/h6-7,11,13,17H,3-5,8-10H2,1-2H3.